The maximum absolute atomic E-state index is 11.4. The Kier molecular flexibility index (Phi) is 5.80. The molecule has 2 N–H and O–H groups in total. The highest BCUT2D eigenvalue weighted by molar-refractivity contribution is 5.76. The molecule has 0 aliphatic carbocycles. The van der Waals surface area contributed by atoms with Gasteiger partial charge in [-0.15, -0.1) is 0 Å². The van der Waals surface area contributed by atoms with Gasteiger partial charge in [-0.05, 0) is 37.3 Å². The molecule has 2 rings (SSSR count). The zero-order valence-electron chi connectivity index (χ0n) is 12.4. The lowest BCUT2D eigenvalue weighted by molar-refractivity contribution is -0.383. The van der Waals surface area contributed by atoms with Crippen molar-refractivity contribution in [2.75, 3.05) is 36.9 Å². The molecular formula is C15H23N3O3. The van der Waals surface area contributed by atoms with E-state index in [4.69, 9.17) is 4.74 Å². The third kappa shape index (κ3) is 4.32. The molecule has 6 heteroatoms. The van der Waals surface area contributed by atoms with Gasteiger partial charge in [0, 0.05) is 19.7 Å². The van der Waals surface area contributed by atoms with Crippen molar-refractivity contribution in [1.29, 1.82) is 0 Å². The molecule has 116 valence electrons. The zero-order chi connectivity index (χ0) is 15.1. The molecule has 1 fully saturated rings. The largest absolute Gasteiger partial charge is 0.381 e. The van der Waals surface area contributed by atoms with Crippen LogP contribution in [0.15, 0.2) is 18.2 Å². The van der Waals surface area contributed by atoms with Gasteiger partial charge in [-0.3, -0.25) is 10.1 Å². The Labute approximate surface area is 125 Å². The minimum Gasteiger partial charge on any atom is -0.381 e. The highest BCUT2D eigenvalue weighted by Crippen LogP contribution is 2.33. The number of ether oxygens (including phenoxy) is 1. The predicted octanol–water partition coefficient (Wildman–Crippen LogP) is 3.26. The van der Waals surface area contributed by atoms with E-state index in [1.807, 2.05) is 13.0 Å². The molecule has 1 saturated heterocycles. The summed E-state index contributed by atoms with van der Waals surface area (Å²) in [5, 5.41) is 17.7. The first kappa shape index (κ1) is 15.6. The fraction of sp³-hybridized carbons (Fsp3) is 0.600. The minimum absolute atomic E-state index is 0.127. The third-order valence-corrected chi connectivity index (χ3v) is 3.62. The predicted molar refractivity (Wildman–Crippen MR) is 83.9 cm³/mol. The van der Waals surface area contributed by atoms with Gasteiger partial charge in [-0.25, -0.2) is 0 Å². The maximum atomic E-state index is 11.4. The van der Waals surface area contributed by atoms with Crippen LogP contribution in [0, 0.1) is 16.0 Å². The van der Waals surface area contributed by atoms with E-state index >= 15 is 0 Å². The SMILES string of the molecule is CCCNc1cccc(NCC2CCCOC2)c1[N+](=O)[O-]. The van der Waals surface area contributed by atoms with E-state index in [0.29, 0.717) is 23.8 Å². The molecule has 1 heterocycles. The lowest BCUT2D eigenvalue weighted by Gasteiger charge is -2.22. The Morgan fingerprint density at radius 3 is 2.76 bits per heavy atom. The molecule has 1 aromatic rings. The first-order valence-corrected chi connectivity index (χ1v) is 7.55. The van der Waals surface area contributed by atoms with Crippen LogP contribution >= 0.6 is 0 Å². The monoisotopic (exact) mass is 293 g/mol. The number of hydrogen-bond acceptors (Lipinski definition) is 5. The Balaban J connectivity index is 2.07. The van der Waals surface area contributed by atoms with Crippen molar-refractivity contribution >= 4 is 17.1 Å². The van der Waals surface area contributed by atoms with Crippen LogP contribution in [0.5, 0.6) is 0 Å². The highest BCUT2D eigenvalue weighted by Gasteiger charge is 2.21. The fourth-order valence-corrected chi connectivity index (χ4v) is 2.51. The summed E-state index contributed by atoms with van der Waals surface area (Å²) in [6.07, 6.45) is 3.09. The van der Waals surface area contributed by atoms with E-state index in [0.717, 1.165) is 39.0 Å². The summed E-state index contributed by atoms with van der Waals surface area (Å²) in [4.78, 5) is 11.0. The average Bonchev–Trinajstić information content (AvgIpc) is 2.51. The van der Waals surface area contributed by atoms with Crippen molar-refractivity contribution in [2.45, 2.75) is 26.2 Å². The molecule has 1 aromatic carbocycles. The number of anilines is 2. The van der Waals surface area contributed by atoms with E-state index in [2.05, 4.69) is 10.6 Å². The molecule has 1 aliphatic heterocycles. The summed E-state index contributed by atoms with van der Waals surface area (Å²) >= 11 is 0. The van der Waals surface area contributed by atoms with Crippen LogP contribution in [0.2, 0.25) is 0 Å². The van der Waals surface area contributed by atoms with Crippen molar-refractivity contribution in [3.8, 4) is 0 Å². The van der Waals surface area contributed by atoms with Crippen molar-refractivity contribution in [3.63, 3.8) is 0 Å². The molecule has 1 unspecified atom stereocenters. The van der Waals surface area contributed by atoms with Gasteiger partial charge in [-0.2, -0.15) is 0 Å². The number of nitrogens with zero attached hydrogens (tertiary/aromatic N) is 1. The Morgan fingerprint density at radius 1 is 1.38 bits per heavy atom. The first-order valence-electron chi connectivity index (χ1n) is 7.55. The summed E-state index contributed by atoms with van der Waals surface area (Å²) in [6, 6.07) is 5.35. The van der Waals surface area contributed by atoms with E-state index in [9.17, 15) is 10.1 Å². The van der Waals surface area contributed by atoms with Gasteiger partial charge in [0.25, 0.3) is 0 Å². The second-order valence-corrected chi connectivity index (χ2v) is 5.35. The second kappa shape index (κ2) is 7.83. The van der Waals surface area contributed by atoms with Gasteiger partial charge in [0.05, 0.1) is 11.5 Å². The van der Waals surface area contributed by atoms with Gasteiger partial charge < -0.3 is 15.4 Å². The first-order chi connectivity index (χ1) is 10.2. The Morgan fingerprint density at radius 2 is 2.14 bits per heavy atom. The maximum Gasteiger partial charge on any atom is 0.315 e. The van der Waals surface area contributed by atoms with E-state index in [1.54, 1.807) is 12.1 Å². The van der Waals surface area contributed by atoms with E-state index in [-0.39, 0.29) is 10.6 Å². The van der Waals surface area contributed by atoms with E-state index in [1.165, 1.54) is 0 Å². The van der Waals surface area contributed by atoms with Crippen LogP contribution in [-0.2, 0) is 4.74 Å². The average molecular weight is 293 g/mol. The molecule has 0 aromatic heterocycles. The van der Waals surface area contributed by atoms with Crippen LogP contribution in [0.4, 0.5) is 17.1 Å². The quantitative estimate of drug-likeness (QED) is 0.596. The molecule has 1 aliphatic rings. The third-order valence-electron chi connectivity index (χ3n) is 3.62. The van der Waals surface area contributed by atoms with Crippen LogP contribution in [0.1, 0.15) is 26.2 Å². The van der Waals surface area contributed by atoms with Crippen molar-refractivity contribution in [2.24, 2.45) is 5.92 Å². The summed E-state index contributed by atoms with van der Waals surface area (Å²) < 4.78 is 5.44. The zero-order valence-corrected chi connectivity index (χ0v) is 12.4. The lowest BCUT2D eigenvalue weighted by atomic mass is 10.0. The summed E-state index contributed by atoms with van der Waals surface area (Å²) in [7, 11) is 0. The molecule has 6 nitrogen and oxygen atoms in total. The Bertz CT molecular complexity index is 473. The molecule has 0 bridgehead atoms. The lowest BCUT2D eigenvalue weighted by Crippen LogP contribution is -2.24. The van der Waals surface area contributed by atoms with Gasteiger partial charge >= 0.3 is 5.69 Å². The van der Waals surface area contributed by atoms with Crippen molar-refractivity contribution in [1.82, 2.24) is 0 Å². The molecule has 1 atom stereocenters. The standard InChI is InChI=1S/C15H23N3O3/c1-2-8-16-13-6-3-7-14(15(13)18(19)20)17-10-12-5-4-9-21-11-12/h3,6-7,12,16-17H,2,4-5,8-11H2,1H3. The topological polar surface area (TPSA) is 76.4 Å². The smallest absolute Gasteiger partial charge is 0.315 e. The second-order valence-electron chi connectivity index (χ2n) is 5.35. The summed E-state index contributed by atoms with van der Waals surface area (Å²) in [5.41, 5.74) is 1.28. The molecule has 0 spiro atoms. The van der Waals surface area contributed by atoms with Crippen LogP contribution in [-0.4, -0.2) is 31.2 Å². The van der Waals surface area contributed by atoms with Crippen LogP contribution in [0.25, 0.3) is 0 Å². The van der Waals surface area contributed by atoms with Crippen molar-refractivity contribution < 1.29 is 9.66 Å². The van der Waals surface area contributed by atoms with Gasteiger partial charge in [0.1, 0.15) is 11.4 Å². The Hall–Kier alpha value is -1.82. The number of rotatable bonds is 7. The van der Waals surface area contributed by atoms with E-state index < -0.39 is 0 Å². The number of benzene rings is 1. The number of nitro benzene ring substituents is 1. The van der Waals surface area contributed by atoms with Gasteiger partial charge in [0.2, 0.25) is 0 Å². The molecule has 0 radical (unpaired) electrons. The van der Waals surface area contributed by atoms with Gasteiger partial charge in [0.15, 0.2) is 0 Å². The number of nitro groups is 1. The number of para-hydroxylation sites is 1. The minimum atomic E-state index is -0.322. The molecule has 0 amide bonds. The summed E-state index contributed by atoms with van der Waals surface area (Å²) in [6.45, 7) is 5.02. The molecule has 21 heavy (non-hydrogen) atoms. The van der Waals surface area contributed by atoms with Crippen LogP contribution in [0.3, 0.4) is 0 Å². The fourth-order valence-electron chi connectivity index (χ4n) is 2.51. The van der Waals surface area contributed by atoms with Crippen LogP contribution < -0.4 is 10.6 Å². The number of hydrogen-bond donors (Lipinski definition) is 2. The van der Waals surface area contributed by atoms with Gasteiger partial charge in [-0.1, -0.05) is 13.0 Å². The molecular weight excluding hydrogens is 270 g/mol. The molecule has 0 saturated carbocycles. The van der Waals surface area contributed by atoms with Crippen molar-refractivity contribution in [3.05, 3.63) is 28.3 Å². The highest BCUT2D eigenvalue weighted by atomic mass is 16.6. The normalized spacial score (nSPS) is 18.2. The summed E-state index contributed by atoms with van der Waals surface area (Å²) in [5.74, 6) is 0.422. The number of nitrogens with one attached hydrogen (secondary N) is 2.